The summed E-state index contributed by atoms with van der Waals surface area (Å²) >= 11 is 0. The van der Waals surface area contributed by atoms with Crippen LogP contribution in [0.25, 0.3) is 11.1 Å². The van der Waals surface area contributed by atoms with Crippen molar-refractivity contribution in [3.05, 3.63) is 59.7 Å². The zero-order chi connectivity index (χ0) is 24.8. The molecule has 0 aromatic heterocycles. The van der Waals surface area contributed by atoms with Crippen molar-refractivity contribution < 1.29 is 24.2 Å². The third-order valence-corrected chi connectivity index (χ3v) is 6.28. The maximum absolute atomic E-state index is 12.8. The van der Waals surface area contributed by atoms with Gasteiger partial charge in [0.1, 0.15) is 12.6 Å². The Labute approximate surface area is 200 Å². The number of alkyl carbamates (subject to hydrolysis) is 1. The van der Waals surface area contributed by atoms with Crippen molar-refractivity contribution in [1.82, 2.24) is 10.6 Å². The van der Waals surface area contributed by atoms with Crippen molar-refractivity contribution in [3.63, 3.8) is 0 Å². The SMILES string of the molecule is CC(C)CC(NC(=O)OCC1c2ccccc2-c2ccccc21)C(=O)NCC(C(=O)O)C(C)C. The van der Waals surface area contributed by atoms with Gasteiger partial charge in [-0.2, -0.15) is 0 Å². The van der Waals surface area contributed by atoms with Gasteiger partial charge in [0, 0.05) is 12.5 Å². The van der Waals surface area contributed by atoms with Crippen LogP contribution < -0.4 is 10.6 Å². The molecule has 34 heavy (non-hydrogen) atoms. The van der Waals surface area contributed by atoms with E-state index in [4.69, 9.17) is 4.74 Å². The van der Waals surface area contributed by atoms with E-state index < -0.39 is 29.9 Å². The maximum Gasteiger partial charge on any atom is 0.407 e. The van der Waals surface area contributed by atoms with Gasteiger partial charge in [0.25, 0.3) is 0 Å². The molecule has 2 amide bonds. The van der Waals surface area contributed by atoms with Gasteiger partial charge in [0.15, 0.2) is 0 Å². The first-order valence-electron chi connectivity index (χ1n) is 11.8. The number of hydrogen-bond acceptors (Lipinski definition) is 4. The van der Waals surface area contributed by atoms with E-state index in [9.17, 15) is 19.5 Å². The first-order chi connectivity index (χ1) is 16.2. The second-order valence-corrected chi connectivity index (χ2v) is 9.59. The van der Waals surface area contributed by atoms with Crippen LogP contribution in [-0.4, -0.2) is 42.3 Å². The summed E-state index contributed by atoms with van der Waals surface area (Å²) in [5.74, 6) is -2.12. The number of nitrogens with one attached hydrogen (secondary N) is 2. The molecule has 0 radical (unpaired) electrons. The zero-order valence-corrected chi connectivity index (χ0v) is 20.2. The second kappa shape index (κ2) is 11.2. The van der Waals surface area contributed by atoms with Crippen LogP contribution in [0.15, 0.2) is 48.5 Å². The molecular weight excluding hydrogens is 432 g/mol. The number of carboxylic acids is 1. The third-order valence-electron chi connectivity index (χ3n) is 6.28. The molecule has 0 bridgehead atoms. The lowest BCUT2D eigenvalue weighted by atomic mass is 9.95. The van der Waals surface area contributed by atoms with Gasteiger partial charge in [0.2, 0.25) is 5.91 Å². The normalized spacial score (nSPS) is 14.3. The maximum atomic E-state index is 12.8. The van der Waals surface area contributed by atoms with E-state index >= 15 is 0 Å². The Balaban J connectivity index is 1.63. The summed E-state index contributed by atoms with van der Waals surface area (Å²) < 4.78 is 5.58. The third kappa shape index (κ3) is 5.95. The Morgan fingerprint density at radius 1 is 0.941 bits per heavy atom. The summed E-state index contributed by atoms with van der Waals surface area (Å²) in [5, 5.41) is 14.7. The van der Waals surface area contributed by atoms with Crippen LogP contribution in [0.2, 0.25) is 0 Å². The lowest BCUT2D eigenvalue weighted by Gasteiger charge is -2.23. The Bertz CT molecular complexity index is 988. The molecule has 0 saturated carbocycles. The molecule has 0 aliphatic heterocycles. The van der Waals surface area contributed by atoms with Gasteiger partial charge in [-0.05, 0) is 40.5 Å². The van der Waals surface area contributed by atoms with Crippen LogP contribution in [-0.2, 0) is 14.3 Å². The minimum atomic E-state index is -0.958. The largest absolute Gasteiger partial charge is 0.481 e. The fourth-order valence-electron chi connectivity index (χ4n) is 4.43. The summed E-state index contributed by atoms with van der Waals surface area (Å²) in [5.41, 5.74) is 4.51. The number of carboxylic acid groups (broad SMARTS) is 1. The van der Waals surface area contributed by atoms with Gasteiger partial charge in [-0.25, -0.2) is 4.79 Å². The van der Waals surface area contributed by atoms with Crippen molar-refractivity contribution in [2.24, 2.45) is 17.8 Å². The molecule has 3 N–H and O–H groups in total. The number of ether oxygens (including phenoxy) is 1. The van der Waals surface area contributed by atoms with E-state index in [2.05, 4.69) is 22.8 Å². The van der Waals surface area contributed by atoms with Gasteiger partial charge in [0.05, 0.1) is 5.92 Å². The van der Waals surface area contributed by atoms with Gasteiger partial charge < -0.3 is 20.5 Å². The van der Waals surface area contributed by atoms with Crippen LogP contribution in [0.3, 0.4) is 0 Å². The summed E-state index contributed by atoms with van der Waals surface area (Å²) in [7, 11) is 0. The standard InChI is InChI=1S/C27H34N2O5/c1-16(2)13-24(25(30)28-14-22(17(3)4)26(31)32)29-27(33)34-15-23-20-11-7-5-9-18(20)19-10-6-8-12-21(19)23/h5-12,16-17,22-24H,13-15H2,1-4H3,(H,28,30)(H,29,33)(H,31,32). The minimum Gasteiger partial charge on any atom is -0.481 e. The average molecular weight is 467 g/mol. The summed E-state index contributed by atoms with van der Waals surface area (Å²) in [6.45, 7) is 7.66. The molecule has 0 saturated heterocycles. The smallest absolute Gasteiger partial charge is 0.407 e. The molecular formula is C27H34N2O5. The predicted molar refractivity (Wildman–Crippen MR) is 130 cm³/mol. The molecule has 7 heteroatoms. The van der Waals surface area contributed by atoms with Crippen LogP contribution in [0.1, 0.15) is 51.2 Å². The number of carbonyl (C=O) groups excluding carboxylic acids is 2. The molecule has 0 fully saturated rings. The molecule has 2 aromatic carbocycles. The van der Waals surface area contributed by atoms with Crippen molar-refractivity contribution in [2.75, 3.05) is 13.2 Å². The lowest BCUT2D eigenvalue weighted by Crippen LogP contribution is -2.49. The summed E-state index contributed by atoms with van der Waals surface area (Å²) in [6, 6.07) is 15.4. The van der Waals surface area contributed by atoms with Crippen molar-refractivity contribution >= 4 is 18.0 Å². The number of hydrogen-bond donors (Lipinski definition) is 3. The fraction of sp³-hybridized carbons (Fsp3) is 0.444. The van der Waals surface area contributed by atoms with Crippen LogP contribution in [0, 0.1) is 17.8 Å². The molecule has 2 atom stereocenters. The number of amides is 2. The molecule has 0 heterocycles. The highest BCUT2D eigenvalue weighted by Crippen LogP contribution is 2.44. The number of aliphatic carboxylic acids is 1. The number of fused-ring (bicyclic) bond motifs is 3. The van der Waals surface area contributed by atoms with Gasteiger partial charge in [-0.15, -0.1) is 0 Å². The van der Waals surface area contributed by atoms with Crippen LogP contribution in [0.5, 0.6) is 0 Å². The zero-order valence-electron chi connectivity index (χ0n) is 20.2. The van der Waals surface area contributed by atoms with Gasteiger partial charge in [-0.1, -0.05) is 76.2 Å². The Hall–Kier alpha value is -3.35. The Morgan fingerprint density at radius 3 is 2.00 bits per heavy atom. The van der Waals surface area contributed by atoms with E-state index in [-0.39, 0.29) is 30.9 Å². The number of carbonyl (C=O) groups is 3. The van der Waals surface area contributed by atoms with E-state index in [0.717, 1.165) is 22.3 Å². The lowest BCUT2D eigenvalue weighted by molar-refractivity contribution is -0.143. The fourth-order valence-corrected chi connectivity index (χ4v) is 4.43. The highest BCUT2D eigenvalue weighted by atomic mass is 16.5. The summed E-state index contributed by atoms with van der Waals surface area (Å²) in [4.78, 5) is 36.9. The molecule has 0 spiro atoms. The molecule has 2 aromatic rings. The number of benzene rings is 2. The van der Waals surface area contributed by atoms with E-state index in [1.165, 1.54) is 0 Å². The van der Waals surface area contributed by atoms with E-state index in [0.29, 0.717) is 6.42 Å². The van der Waals surface area contributed by atoms with Gasteiger partial charge in [-0.3, -0.25) is 9.59 Å². The predicted octanol–water partition coefficient (Wildman–Crippen LogP) is 4.41. The van der Waals surface area contributed by atoms with E-state index in [1.807, 2.05) is 50.2 Å². The van der Waals surface area contributed by atoms with Crippen molar-refractivity contribution in [3.8, 4) is 11.1 Å². The quantitative estimate of drug-likeness (QED) is 0.481. The first-order valence-corrected chi connectivity index (χ1v) is 11.8. The van der Waals surface area contributed by atoms with Crippen LogP contribution in [0.4, 0.5) is 4.79 Å². The topological polar surface area (TPSA) is 105 Å². The average Bonchev–Trinajstić information content (AvgIpc) is 3.10. The molecule has 2 unspecified atom stereocenters. The molecule has 1 aliphatic rings. The molecule has 1 aliphatic carbocycles. The molecule has 7 nitrogen and oxygen atoms in total. The second-order valence-electron chi connectivity index (χ2n) is 9.59. The monoisotopic (exact) mass is 466 g/mol. The van der Waals surface area contributed by atoms with Crippen molar-refractivity contribution in [2.45, 2.75) is 46.1 Å². The minimum absolute atomic E-state index is 0.00674. The van der Waals surface area contributed by atoms with E-state index in [1.54, 1.807) is 13.8 Å². The molecule has 3 rings (SSSR count). The Morgan fingerprint density at radius 2 is 1.50 bits per heavy atom. The molecule has 182 valence electrons. The van der Waals surface area contributed by atoms with Crippen LogP contribution >= 0.6 is 0 Å². The highest BCUT2D eigenvalue weighted by Gasteiger charge is 2.30. The van der Waals surface area contributed by atoms with Crippen molar-refractivity contribution in [1.29, 1.82) is 0 Å². The highest BCUT2D eigenvalue weighted by molar-refractivity contribution is 5.86. The van der Waals surface area contributed by atoms with Gasteiger partial charge >= 0.3 is 12.1 Å². The first kappa shape index (κ1) is 25.3. The number of rotatable bonds is 10. The Kier molecular flexibility index (Phi) is 8.31. The summed E-state index contributed by atoms with van der Waals surface area (Å²) in [6.07, 6.45) is -0.253.